The number of nitrogens with one attached hydrogen (secondary N) is 1. The molecule has 114 valence electrons. The largest absolute Gasteiger partial charge is 0.493 e. The number of hydrogen-bond donors (Lipinski definition) is 1. The van der Waals surface area contributed by atoms with Crippen molar-refractivity contribution in [2.45, 2.75) is 26.6 Å². The van der Waals surface area contributed by atoms with E-state index in [0.29, 0.717) is 24.4 Å². The van der Waals surface area contributed by atoms with Gasteiger partial charge < -0.3 is 14.8 Å². The van der Waals surface area contributed by atoms with Gasteiger partial charge in [-0.25, -0.2) is 4.98 Å². The van der Waals surface area contributed by atoms with Crippen molar-refractivity contribution in [2.24, 2.45) is 0 Å². The summed E-state index contributed by atoms with van der Waals surface area (Å²) in [4.78, 5) is 5.28. The van der Waals surface area contributed by atoms with E-state index in [1.165, 1.54) is 7.11 Å². The Morgan fingerprint density at radius 3 is 2.76 bits per heavy atom. The molecule has 0 saturated heterocycles. The lowest BCUT2D eigenvalue weighted by Crippen LogP contribution is -2.15. The van der Waals surface area contributed by atoms with Crippen LogP contribution in [-0.4, -0.2) is 18.7 Å². The SMILES string of the molecule is COc1cccc(CNCc2scnc2C)c1OC(F)F. The van der Waals surface area contributed by atoms with Gasteiger partial charge in [-0.05, 0) is 13.0 Å². The number of halogens is 2. The fraction of sp³-hybridized carbons (Fsp3) is 0.357. The van der Waals surface area contributed by atoms with Gasteiger partial charge in [0.1, 0.15) is 0 Å². The maximum atomic E-state index is 12.5. The number of rotatable bonds is 7. The highest BCUT2D eigenvalue weighted by Crippen LogP contribution is 2.32. The Bertz CT molecular complexity index is 590. The van der Waals surface area contributed by atoms with Crippen LogP contribution in [0.3, 0.4) is 0 Å². The van der Waals surface area contributed by atoms with Gasteiger partial charge in [0, 0.05) is 23.5 Å². The molecule has 0 aliphatic rings. The van der Waals surface area contributed by atoms with E-state index >= 15 is 0 Å². The molecular formula is C14H16F2N2O2S. The Hall–Kier alpha value is -1.73. The van der Waals surface area contributed by atoms with Crippen molar-refractivity contribution in [1.82, 2.24) is 10.3 Å². The Kier molecular flexibility index (Phi) is 5.46. The number of nitrogens with zero attached hydrogens (tertiary/aromatic N) is 1. The van der Waals surface area contributed by atoms with Crippen LogP contribution in [0.4, 0.5) is 8.78 Å². The summed E-state index contributed by atoms with van der Waals surface area (Å²) in [5.41, 5.74) is 3.38. The van der Waals surface area contributed by atoms with Gasteiger partial charge in [-0.15, -0.1) is 11.3 Å². The smallest absolute Gasteiger partial charge is 0.387 e. The maximum Gasteiger partial charge on any atom is 0.387 e. The van der Waals surface area contributed by atoms with Crippen molar-refractivity contribution < 1.29 is 18.3 Å². The highest BCUT2D eigenvalue weighted by molar-refractivity contribution is 7.09. The number of alkyl halides is 2. The van der Waals surface area contributed by atoms with Crippen molar-refractivity contribution in [3.8, 4) is 11.5 Å². The third-order valence-corrected chi connectivity index (χ3v) is 3.87. The highest BCUT2D eigenvalue weighted by Gasteiger charge is 2.15. The van der Waals surface area contributed by atoms with E-state index < -0.39 is 6.61 Å². The minimum absolute atomic E-state index is 0.0727. The molecule has 0 radical (unpaired) electrons. The molecule has 0 unspecified atom stereocenters. The molecular weight excluding hydrogens is 298 g/mol. The van der Waals surface area contributed by atoms with Crippen molar-refractivity contribution >= 4 is 11.3 Å². The van der Waals surface area contributed by atoms with Gasteiger partial charge in [0.25, 0.3) is 0 Å². The van der Waals surface area contributed by atoms with E-state index in [-0.39, 0.29) is 5.75 Å². The molecule has 2 rings (SSSR count). The van der Waals surface area contributed by atoms with E-state index in [9.17, 15) is 8.78 Å². The second-order valence-electron chi connectivity index (χ2n) is 4.29. The summed E-state index contributed by atoms with van der Waals surface area (Å²) in [5.74, 6) is 0.368. The van der Waals surface area contributed by atoms with Crippen LogP contribution in [-0.2, 0) is 13.1 Å². The van der Waals surface area contributed by atoms with Crippen LogP contribution in [0.25, 0.3) is 0 Å². The molecule has 0 fully saturated rings. The second kappa shape index (κ2) is 7.33. The fourth-order valence-corrected chi connectivity index (χ4v) is 2.64. The van der Waals surface area contributed by atoms with Gasteiger partial charge in [-0.3, -0.25) is 0 Å². The van der Waals surface area contributed by atoms with Gasteiger partial charge >= 0.3 is 6.61 Å². The first-order chi connectivity index (χ1) is 10.1. The van der Waals surface area contributed by atoms with E-state index in [1.54, 1.807) is 35.0 Å². The molecule has 0 aliphatic heterocycles. The zero-order valence-corrected chi connectivity index (χ0v) is 12.5. The highest BCUT2D eigenvalue weighted by atomic mass is 32.1. The monoisotopic (exact) mass is 314 g/mol. The normalized spacial score (nSPS) is 10.9. The number of methoxy groups -OCH3 is 1. The molecule has 1 aromatic heterocycles. The quantitative estimate of drug-likeness (QED) is 0.851. The standard InChI is InChI=1S/C14H16F2N2O2S/c1-9-12(21-8-18-9)7-17-6-10-4-3-5-11(19-2)13(10)20-14(15)16/h3-5,8,14,17H,6-7H2,1-2H3. The molecule has 2 aromatic rings. The summed E-state index contributed by atoms with van der Waals surface area (Å²) in [6, 6.07) is 5.06. The topological polar surface area (TPSA) is 43.4 Å². The predicted molar refractivity (Wildman–Crippen MR) is 77.0 cm³/mol. The molecule has 21 heavy (non-hydrogen) atoms. The Morgan fingerprint density at radius 1 is 1.33 bits per heavy atom. The number of hydrogen-bond acceptors (Lipinski definition) is 5. The van der Waals surface area contributed by atoms with Gasteiger partial charge in [0.15, 0.2) is 11.5 Å². The third-order valence-electron chi connectivity index (χ3n) is 2.93. The molecule has 0 aliphatic carbocycles. The maximum absolute atomic E-state index is 12.5. The first-order valence-electron chi connectivity index (χ1n) is 6.32. The first-order valence-corrected chi connectivity index (χ1v) is 7.20. The predicted octanol–water partition coefficient (Wildman–Crippen LogP) is 3.35. The van der Waals surface area contributed by atoms with Crippen LogP contribution in [0, 0.1) is 6.92 Å². The van der Waals surface area contributed by atoms with Crippen LogP contribution >= 0.6 is 11.3 Å². The van der Waals surface area contributed by atoms with Crippen LogP contribution < -0.4 is 14.8 Å². The average molecular weight is 314 g/mol. The number of ether oxygens (including phenoxy) is 2. The Balaban J connectivity index is 2.06. The molecule has 1 N–H and O–H groups in total. The van der Waals surface area contributed by atoms with Crippen molar-refractivity contribution in [3.05, 3.63) is 39.8 Å². The van der Waals surface area contributed by atoms with Crippen LogP contribution in [0.5, 0.6) is 11.5 Å². The summed E-state index contributed by atoms with van der Waals surface area (Å²) in [7, 11) is 1.42. The van der Waals surface area contributed by atoms with Crippen LogP contribution in [0.15, 0.2) is 23.7 Å². The summed E-state index contributed by atoms with van der Waals surface area (Å²) >= 11 is 1.56. The number of aromatic nitrogens is 1. The minimum Gasteiger partial charge on any atom is -0.493 e. The van der Waals surface area contributed by atoms with Crippen LogP contribution in [0.1, 0.15) is 16.1 Å². The molecule has 0 spiro atoms. The number of para-hydroxylation sites is 1. The second-order valence-corrected chi connectivity index (χ2v) is 5.23. The molecule has 0 amide bonds. The van der Waals surface area contributed by atoms with Crippen molar-refractivity contribution in [1.29, 1.82) is 0 Å². The average Bonchev–Trinajstić information content (AvgIpc) is 2.85. The lowest BCUT2D eigenvalue weighted by molar-refractivity contribution is -0.0518. The molecule has 0 atom stereocenters. The van der Waals surface area contributed by atoms with Crippen molar-refractivity contribution in [2.75, 3.05) is 7.11 Å². The first kappa shape index (κ1) is 15.7. The van der Waals surface area contributed by atoms with Gasteiger partial charge in [0.2, 0.25) is 0 Å². The van der Waals surface area contributed by atoms with Gasteiger partial charge in [-0.2, -0.15) is 8.78 Å². The third kappa shape index (κ3) is 4.12. The summed E-state index contributed by atoms with van der Waals surface area (Å²) in [5, 5.41) is 3.20. The zero-order valence-electron chi connectivity index (χ0n) is 11.7. The van der Waals surface area contributed by atoms with Crippen LogP contribution in [0.2, 0.25) is 0 Å². The summed E-state index contributed by atoms with van der Waals surface area (Å²) in [6.07, 6.45) is 0. The zero-order chi connectivity index (χ0) is 15.2. The molecule has 1 heterocycles. The fourth-order valence-electron chi connectivity index (χ4n) is 1.89. The van der Waals surface area contributed by atoms with E-state index in [4.69, 9.17) is 4.74 Å². The Morgan fingerprint density at radius 2 is 2.14 bits per heavy atom. The minimum atomic E-state index is -2.89. The van der Waals surface area contributed by atoms with E-state index in [1.807, 2.05) is 6.92 Å². The Labute approximate surface area is 125 Å². The lowest BCUT2D eigenvalue weighted by atomic mass is 10.2. The van der Waals surface area contributed by atoms with Gasteiger partial charge in [0.05, 0.1) is 18.3 Å². The summed E-state index contributed by atoms with van der Waals surface area (Å²) in [6.45, 7) is 0.0757. The van der Waals surface area contributed by atoms with E-state index in [0.717, 1.165) is 10.6 Å². The molecule has 0 bridgehead atoms. The molecule has 4 nitrogen and oxygen atoms in total. The number of aryl methyl sites for hydroxylation is 1. The number of benzene rings is 1. The lowest BCUT2D eigenvalue weighted by Gasteiger charge is -2.14. The molecule has 0 saturated carbocycles. The van der Waals surface area contributed by atoms with Crippen molar-refractivity contribution in [3.63, 3.8) is 0 Å². The molecule has 1 aromatic carbocycles. The molecule has 7 heteroatoms. The van der Waals surface area contributed by atoms with Gasteiger partial charge in [-0.1, -0.05) is 12.1 Å². The van der Waals surface area contributed by atoms with E-state index in [2.05, 4.69) is 15.0 Å². The summed E-state index contributed by atoms with van der Waals surface area (Å²) < 4.78 is 34.7. The number of thiazole rings is 1.